The first-order valence-electron chi connectivity index (χ1n) is 8.24. The third-order valence-electron chi connectivity index (χ3n) is 4.98. The van der Waals surface area contributed by atoms with Crippen molar-refractivity contribution in [2.45, 2.75) is 24.7 Å². The maximum atomic E-state index is 9.83. The Balaban J connectivity index is 1.86. The minimum absolute atomic E-state index is 0.350. The molecule has 1 N–H and O–H groups in total. The molecule has 4 rings (SSSR count). The van der Waals surface area contributed by atoms with E-state index in [1.54, 1.807) is 0 Å². The van der Waals surface area contributed by atoms with Gasteiger partial charge in [0.25, 0.3) is 0 Å². The predicted molar refractivity (Wildman–Crippen MR) is 93.9 cm³/mol. The molecule has 0 saturated heterocycles. The molecule has 1 aliphatic rings. The van der Waals surface area contributed by atoms with E-state index in [0.717, 1.165) is 12.8 Å². The summed E-state index contributed by atoms with van der Waals surface area (Å²) in [5.41, 5.74) is 5.40. The van der Waals surface area contributed by atoms with Gasteiger partial charge in [-0.05, 0) is 53.1 Å². The molecule has 0 aliphatic heterocycles. The number of phenols is 1. The van der Waals surface area contributed by atoms with E-state index >= 15 is 0 Å². The van der Waals surface area contributed by atoms with Crippen LogP contribution in [0.4, 0.5) is 0 Å². The van der Waals surface area contributed by atoms with Crippen molar-refractivity contribution in [3.8, 4) is 5.75 Å². The molecule has 0 spiro atoms. The third kappa shape index (κ3) is 2.63. The molecule has 1 aliphatic carbocycles. The van der Waals surface area contributed by atoms with Gasteiger partial charge >= 0.3 is 0 Å². The number of aryl methyl sites for hydroxylation is 1. The molecule has 1 heteroatoms. The maximum absolute atomic E-state index is 9.83. The molecule has 0 saturated carbocycles. The van der Waals surface area contributed by atoms with Gasteiger partial charge in [0.1, 0.15) is 5.75 Å². The second-order valence-corrected chi connectivity index (χ2v) is 6.33. The normalized spacial score (nSPS) is 20.0. The number of hydrogen-bond donors (Lipinski definition) is 1. The van der Waals surface area contributed by atoms with Gasteiger partial charge in [0.2, 0.25) is 0 Å². The monoisotopic (exact) mass is 300 g/mol. The molecule has 23 heavy (non-hydrogen) atoms. The van der Waals surface area contributed by atoms with E-state index in [-0.39, 0.29) is 0 Å². The van der Waals surface area contributed by atoms with Crippen LogP contribution < -0.4 is 0 Å². The molecule has 0 unspecified atom stereocenters. The molecule has 0 aromatic heterocycles. The fraction of sp³-hybridized carbons (Fsp3) is 0.182. The van der Waals surface area contributed by atoms with Gasteiger partial charge in [-0.15, -0.1) is 0 Å². The van der Waals surface area contributed by atoms with Crippen LogP contribution >= 0.6 is 0 Å². The first kappa shape index (κ1) is 14.1. The van der Waals surface area contributed by atoms with Gasteiger partial charge in [-0.1, -0.05) is 66.7 Å². The van der Waals surface area contributed by atoms with Crippen LogP contribution in [-0.4, -0.2) is 5.11 Å². The fourth-order valence-electron chi connectivity index (χ4n) is 3.94. The van der Waals surface area contributed by atoms with Crippen molar-refractivity contribution in [1.29, 1.82) is 0 Å². The second kappa shape index (κ2) is 5.92. The largest absolute Gasteiger partial charge is 0.508 e. The lowest BCUT2D eigenvalue weighted by Gasteiger charge is -2.34. The van der Waals surface area contributed by atoms with E-state index in [0.29, 0.717) is 17.6 Å². The third-order valence-corrected chi connectivity index (χ3v) is 4.98. The van der Waals surface area contributed by atoms with Gasteiger partial charge in [-0.25, -0.2) is 0 Å². The number of aromatic hydroxyl groups is 1. The van der Waals surface area contributed by atoms with Crippen molar-refractivity contribution in [2.24, 2.45) is 0 Å². The molecule has 0 heterocycles. The number of hydrogen-bond acceptors (Lipinski definition) is 1. The van der Waals surface area contributed by atoms with Crippen molar-refractivity contribution in [3.63, 3.8) is 0 Å². The fourth-order valence-corrected chi connectivity index (χ4v) is 3.94. The Bertz CT molecular complexity index is 793. The van der Waals surface area contributed by atoms with Crippen LogP contribution in [0.2, 0.25) is 0 Å². The second-order valence-electron chi connectivity index (χ2n) is 6.33. The summed E-state index contributed by atoms with van der Waals surface area (Å²) < 4.78 is 0. The number of rotatable bonds is 2. The molecule has 0 fully saturated rings. The lowest BCUT2D eigenvalue weighted by molar-refractivity contribution is 0.469. The van der Waals surface area contributed by atoms with Crippen LogP contribution in [-0.2, 0) is 6.42 Å². The lowest BCUT2D eigenvalue weighted by atomic mass is 9.69. The Hall–Kier alpha value is -2.54. The minimum Gasteiger partial charge on any atom is -0.508 e. The SMILES string of the molecule is Oc1ccc2c(c1)CC[C@H](c1ccccc1)[C@@H]2c1ccccc1. The summed E-state index contributed by atoms with van der Waals surface area (Å²) >= 11 is 0. The highest BCUT2D eigenvalue weighted by atomic mass is 16.3. The van der Waals surface area contributed by atoms with Gasteiger partial charge in [0, 0.05) is 5.92 Å². The minimum atomic E-state index is 0.350. The van der Waals surface area contributed by atoms with Crippen LogP contribution in [0.1, 0.15) is 40.5 Å². The Morgan fingerprint density at radius 2 is 1.39 bits per heavy atom. The molecular formula is C22H20O. The molecule has 3 aromatic rings. The van der Waals surface area contributed by atoms with Gasteiger partial charge in [0.05, 0.1) is 0 Å². The molecule has 114 valence electrons. The average Bonchev–Trinajstić information content (AvgIpc) is 2.62. The summed E-state index contributed by atoms with van der Waals surface area (Å²) in [7, 11) is 0. The first-order chi connectivity index (χ1) is 11.3. The first-order valence-corrected chi connectivity index (χ1v) is 8.24. The Morgan fingerprint density at radius 1 is 0.739 bits per heavy atom. The van der Waals surface area contributed by atoms with Gasteiger partial charge in [0.15, 0.2) is 0 Å². The summed E-state index contributed by atoms with van der Waals surface area (Å²) in [6, 6.07) is 27.4. The Labute approximate surface area is 137 Å². The molecular weight excluding hydrogens is 280 g/mol. The van der Waals surface area contributed by atoms with Crippen LogP contribution in [0, 0.1) is 0 Å². The van der Waals surface area contributed by atoms with Crippen molar-refractivity contribution in [2.75, 3.05) is 0 Å². The molecule has 0 radical (unpaired) electrons. The Morgan fingerprint density at radius 3 is 2.09 bits per heavy atom. The van der Waals surface area contributed by atoms with Gasteiger partial charge in [-0.2, -0.15) is 0 Å². The van der Waals surface area contributed by atoms with E-state index in [4.69, 9.17) is 0 Å². The molecule has 3 aromatic carbocycles. The quantitative estimate of drug-likeness (QED) is 0.685. The zero-order chi connectivity index (χ0) is 15.6. The van der Waals surface area contributed by atoms with E-state index in [1.807, 2.05) is 12.1 Å². The van der Waals surface area contributed by atoms with Crippen LogP contribution in [0.25, 0.3) is 0 Å². The zero-order valence-electron chi connectivity index (χ0n) is 13.0. The van der Waals surface area contributed by atoms with Crippen molar-refractivity contribution >= 4 is 0 Å². The number of fused-ring (bicyclic) bond motifs is 1. The van der Waals surface area contributed by atoms with E-state index in [9.17, 15) is 5.11 Å². The smallest absolute Gasteiger partial charge is 0.115 e. The molecule has 1 nitrogen and oxygen atoms in total. The molecule has 0 bridgehead atoms. The topological polar surface area (TPSA) is 20.2 Å². The number of benzene rings is 3. The summed E-state index contributed by atoms with van der Waals surface area (Å²) in [4.78, 5) is 0. The van der Waals surface area contributed by atoms with E-state index < -0.39 is 0 Å². The van der Waals surface area contributed by atoms with Crippen LogP contribution in [0.5, 0.6) is 5.75 Å². The van der Waals surface area contributed by atoms with Crippen LogP contribution in [0.15, 0.2) is 78.9 Å². The summed E-state index contributed by atoms with van der Waals surface area (Å²) in [5.74, 6) is 1.20. The maximum Gasteiger partial charge on any atom is 0.115 e. The Kier molecular flexibility index (Phi) is 3.63. The molecule has 2 atom stereocenters. The van der Waals surface area contributed by atoms with E-state index in [1.165, 1.54) is 22.3 Å². The summed E-state index contributed by atoms with van der Waals surface area (Å²) in [6.45, 7) is 0. The van der Waals surface area contributed by atoms with E-state index in [2.05, 4.69) is 66.7 Å². The zero-order valence-corrected chi connectivity index (χ0v) is 13.0. The number of phenolic OH excluding ortho intramolecular Hbond substituents is 1. The van der Waals surface area contributed by atoms with Gasteiger partial charge < -0.3 is 5.11 Å². The molecule has 0 amide bonds. The summed E-state index contributed by atoms with van der Waals surface area (Å²) in [6.07, 6.45) is 2.13. The average molecular weight is 300 g/mol. The van der Waals surface area contributed by atoms with Gasteiger partial charge in [-0.3, -0.25) is 0 Å². The van der Waals surface area contributed by atoms with Crippen LogP contribution in [0.3, 0.4) is 0 Å². The lowest BCUT2D eigenvalue weighted by Crippen LogP contribution is -2.20. The highest BCUT2D eigenvalue weighted by Gasteiger charge is 2.31. The van der Waals surface area contributed by atoms with Crippen molar-refractivity contribution < 1.29 is 5.11 Å². The standard InChI is InChI=1S/C22H20O/c23-19-12-14-21-18(15-19)11-13-20(16-7-3-1-4-8-16)22(21)17-9-5-2-6-10-17/h1-10,12,14-15,20,22-23H,11,13H2/t20-,22+/m1/s1. The summed E-state index contributed by atoms with van der Waals surface area (Å²) in [5, 5.41) is 9.83. The highest BCUT2D eigenvalue weighted by molar-refractivity contribution is 5.47. The van der Waals surface area contributed by atoms with Crippen molar-refractivity contribution in [1.82, 2.24) is 0 Å². The van der Waals surface area contributed by atoms with Crippen molar-refractivity contribution in [3.05, 3.63) is 101 Å². The predicted octanol–water partition coefficient (Wildman–Crippen LogP) is 5.25. The highest BCUT2D eigenvalue weighted by Crippen LogP contribution is 2.46.